The second kappa shape index (κ2) is 6.29. The molecular weight excluding hydrogens is 326 g/mol. The summed E-state index contributed by atoms with van der Waals surface area (Å²) in [7, 11) is 1.55. The molecule has 0 spiro atoms. The maximum atomic E-state index is 12.6. The van der Waals surface area contributed by atoms with E-state index in [1.54, 1.807) is 19.2 Å². The lowest BCUT2D eigenvalue weighted by Crippen LogP contribution is -2.38. The fourth-order valence-corrected chi connectivity index (χ4v) is 2.49. The molecular formula is C16H15N5O4. The molecule has 0 saturated heterocycles. The third-order valence-electron chi connectivity index (χ3n) is 3.85. The Bertz CT molecular complexity index is 1070. The molecule has 0 bridgehead atoms. The molecule has 1 atom stereocenters. The van der Waals surface area contributed by atoms with Crippen LogP contribution in [0.5, 0.6) is 0 Å². The molecule has 3 heterocycles. The molecule has 0 unspecified atom stereocenters. The molecule has 9 nitrogen and oxygen atoms in total. The molecule has 0 fully saturated rings. The number of carboxylic acid groups (broad SMARTS) is 1. The van der Waals surface area contributed by atoms with Gasteiger partial charge in [0.15, 0.2) is 5.52 Å². The number of carbonyl (C=O) groups is 1. The van der Waals surface area contributed by atoms with Gasteiger partial charge in [-0.05, 0) is 24.3 Å². The van der Waals surface area contributed by atoms with Gasteiger partial charge in [0.2, 0.25) is 0 Å². The number of nitrogens with zero attached hydrogens (tertiary/aromatic N) is 4. The Morgan fingerprint density at radius 2 is 2.04 bits per heavy atom. The molecule has 128 valence electrons. The fourth-order valence-electron chi connectivity index (χ4n) is 2.49. The second-order valence-electron chi connectivity index (χ2n) is 5.51. The first kappa shape index (κ1) is 16.5. The molecule has 0 aliphatic rings. The van der Waals surface area contributed by atoms with Crippen LogP contribution in [0, 0.1) is 0 Å². The van der Waals surface area contributed by atoms with E-state index in [1.807, 2.05) is 0 Å². The van der Waals surface area contributed by atoms with E-state index in [9.17, 15) is 14.4 Å². The summed E-state index contributed by atoms with van der Waals surface area (Å²) in [5, 5.41) is 8.83. The topological polar surface area (TPSA) is 133 Å². The van der Waals surface area contributed by atoms with E-state index < -0.39 is 23.3 Å². The van der Waals surface area contributed by atoms with Gasteiger partial charge in [0.1, 0.15) is 6.04 Å². The van der Waals surface area contributed by atoms with Crippen molar-refractivity contribution in [1.29, 1.82) is 0 Å². The van der Waals surface area contributed by atoms with E-state index in [4.69, 9.17) is 10.8 Å². The minimum atomic E-state index is -1.13. The van der Waals surface area contributed by atoms with E-state index in [1.165, 1.54) is 29.1 Å². The highest BCUT2D eigenvalue weighted by Gasteiger charge is 2.15. The van der Waals surface area contributed by atoms with Gasteiger partial charge in [0.25, 0.3) is 5.56 Å². The van der Waals surface area contributed by atoms with Crippen molar-refractivity contribution < 1.29 is 9.90 Å². The van der Waals surface area contributed by atoms with Crippen LogP contribution in [0.4, 0.5) is 0 Å². The molecule has 0 saturated carbocycles. The Morgan fingerprint density at radius 3 is 2.68 bits per heavy atom. The van der Waals surface area contributed by atoms with E-state index >= 15 is 0 Å². The van der Waals surface area contributed by atoms with Crippen LogP contribution in [0.3, 0.4) is 0 Å². The lowest BCUT2D eigenvalue weighted by molar-refractivity contribution is -0.138. The summed E-state index contributed by atoms with van der Waals surface area (Å²) < 4.78 is 2.31. The molecule has 25 heavy (non-hydrogen) atoms. The van der Waals surface area contributed by atoms with Gasteiger partial charge >= 0.3 is 11.7 Å². The van der Waals surface area contributed by atoms with Crippen LogP contribution >= 0.6 is 0 Å². The molecule has 3 N–H and O–H groups in total. The summed E-state index contributed by atoms with van der Waals surface area (Å²) in [6, 6.07) is 5.28. The summed E-state index contributed by atoms with van der Waals surface area (Å²) in [5.74, 6) is -1.13. The highest BCUT2D eigenvalue weighted by molar-refractivity contribution is 5.74. The smallest absolute Gasteiger partial charge is 0.336 e. The Hall–Kier alpha value is -3.33. The lowest BCUT2D eigenvalue weighted by Gasteiger charge is -2.10. The first-order chi connectivity index (χ1) is 11.9. The van der Waals surface area contributed by atoms with Crippen molar-refractivity contribution in [2.24, 2.45) is 12.8 Å². The number of aliphatic carboxylic acids is 1. The van der Waals surface area contributed by atoms with Crippen molar-refractivity contribution in [2.45, 2.75) is 12.5 Å². The average Bonchev–Trinajstić information content (AvgIpc) is 2.61. The van der Waals surface area contributed by atoms with E-state index in [0.29, 0.717) is 11.2 Å². The van der Waals surface area contributed by atoms with Crippen LogP contribution in [0.25, 0.3) is 16.7 Å². The molecule has 0 amide bonds. The summed E-state index contributed by atoms with van der Waals surface area (Å²) in [6.45, 7) is 0. The average molecular weight is 341 g/mol. The van der Waals surface area contributed by atoms with Gasteiger partial charge in [-0.2, -0.15) is 0 Å². The Morgan fingerprint density at radius 1 is 1.28 bits per heavy atom. The number of hydrogen-bond donors (Lipinski definition) is 2. The molecule has 0 aliphatic carbocycles. The number of hydrogen-bond acceptors (Lipinski definition) is 6. The quantitative estimate of drug-likeness (QED) is 0.649. The van der Waals surface area contributed by atoms with Crippen LogP contribution < -0.4 is 17.0 Å². The summed E-state index contributed by atoms with van der Waals surface area (Å²) in [5.41, 5.74) is 5.72. The molecule has 0 aliphatic heterocycles. The first-order valence-corrected chi connectivity index (χ1v) is 7.40. The monoisotopic (exact) mass is 341 g/mol. The predicted octanol–water partition coefficient (Wildman–Crippen LogP) is -0.566. The summed E-state index contributed by atoms with van der Waals surface area (Å²) >= 11 is 0. The molecule has 3 aromatic heterocycles. The van der Waals surface area contributed by atoms with Crippen LogP contribution in [0.2, 0.25) is 0 Å². The fraction of sp³-hybridized carbons (Fsp3) is 0.188. The van der Waals surface area contributed by atoms with Gasteiger partial charge in [-0.25, -0.2) is 14.3 Å². The van der Waals surface area contributed by atoms with Gasteiger partial charge < -0.3 is 10.8 Å². The van der Waals surface area contributed by atoms with Gasteiger partial charge in [-0.1, -0.05) is 0 Å². The summed E-state index contributed by atoms with van der Waals surface area (Å²) in [4.78, 5) is 44.1. The highest BCUT2D eigenvalue weighted by atomic mass is 16.4. The van der Waals surface area contributed by atoms with Crippen LogP contribution in [0.15, 0.2) is 46.2 Å². The van der Waals surface area contributed by atoms with Gasteiger partial charge in [-0.15, -0.1) is 0 Å². The van der Waals surface area contributed by atoms with Crippen molar-refractivity contribution in [3.05, 3.63) is 63.2 Å². The molecule has 0 aromatic carbocycles. The maximum Gasteiger partial charge on any atom is 0.336 e. The SMILES string of the molecule is Cn1c(=O)n(-c2ccc(C[C@H](N)C(=O)O)nc2)c(=O)c2ncccc21. The largest absolute Gasteiger partial charge is 0.480 e. The number of pyridine rings is 2. The number of rotatable bonds is 4. The number of aryl methyl sites for hydroxylation is 1. The zero-order valence-corrected chi connectivity index (χ0v) is 13.3. The maximum absolute atomic E-state index is 12.6. The zero-order valence-electron chi connectivity index (χ0n) is 13.3. The van der Waals surface area contributed by atoms with Crippen LogP contribution in [0.1, 0.15) is 5.69 Å². The van der Waals surface area contributed by atoms with E-state index in [2.05, 4.69) is 9.97 Å². The van der Waals surface area contributed by atoms with Crippen molar-refractivity contribution in [3.63, 3.8) is 0 Å². The summed E-state index contributed by atoms with van der Waals surface area (Å²) in [6.07, 6.45) is 2.86. The van der Waals surface area contributed by atoms with Crippen LogP contribution in [-0.4, -0.2) is 36.2 Å². The number of nitrogens with two attached hydrogens (primary N) is 1. The number of fused-ring (bicyclic) bond motifs is 1. The Kier molecular flexibility index (Phi) is 4.15. The predicted molar refractivity (Wildman–Crippen MR) is 89.7 cm³/mol. The minimum Gasteiger partial charge on any atom is -0.480 e. The minimum absolute atomic E-state index is 0.0435. The molecule has 3 rings (SSSR count). The van der Waals surface area contributed by atoms with Gasteiger partial charge in [0.05, 0.1) is 17.4 Å². The third kappa shape index (κ3) is 2.92. The third-order valence-corrected chi connectivity index (χ3v) is 3.85. The van der Waals surface area contributed by atoms with Crippen molar-refractivity contribution >= 4 is 17.0 Å². The molecule has 0 radical (unpaired) electrons. The molecule has 9 heteroatoms. The van der Waals surface area contributed by atoms with Crippen molar-refractivity contribution in [2.75, 3.05) is 0 Å². The highest BCUT2D eigenvalue weighted by Crippen LogP contribution is 2.08. The normalized spacial score (nSPS) is 12.2. The van der Waals surface area contributed by atoms with Gasteiger partial charge in [-0.3, -0.25) is 19.1 Å². The Balaban J connectivity index is 2.10. The second-order valence-corrected chi connectivity index (χ2v) is 5.51. The van der Waals surface area contributed by atoms with E-state index in [-0.39, 0.29) is 17.6 Å². The van der Waals surface area contributed by atoms with Gasteiger partial charge in [0, 0.05) is 25.4 Å². The number of aromatic nitrogens is 4. The molecule has 3 aromatic rings. The van der Waals surface area contributed by atoms with Crippen LogP contribution in [-0.2, 0) is 18.3 Å². The first-order valence-electron chi connectivity index (χ1n) is 7.40. The number of carboxylic acids is 1. The zero-order chi connectivity index (χ0) is 18.1. The Labute approximate surface area is 141 Å². The van der Waals surface area contributed by atoms with Crippen molar-refractivity contribution in [1.82, 2.24) is 19.1 Å². The van der Waals surface area contributed by atoms with Crippen molar-refractivity contribution in [3.8, 4) is 5.69 Å². The van der Waals surface area contributed by atoms with E-state index in [0.717, 1.165) is 4.57 Å². The lowest BCUT2D eigenvalue weighted by atomic mass is 10.1. The standard InChI is InChI=1S/C16H15N5O4/c1-20-12-3-2-6-18-13(12)14(22)21(16(20)25)10-5-4-9(19-8-10)7-11(17)15(23)24/h2-6,8,11H,7,17H2,1H3,(H,23,24)/t11-/m0/s1.